The number of benzene rings is 1. The van der Waals surface area contributed by atoms with E-state index in [1.165, 1.54) is 11.3 Å². The number of amides is 1. The van der Waals surface area contributed by atoms with Crippen molar-refractivity contribution in [3.8, 4) is 22.8 Å². The second-order valence-corrected chi connectivity index (χ2v) is 7.02. The molecular weight excluding hydrogens is 374 g/mol. The molecule has 0 atom stereocenters. The molecule has 0 radical (unpaired) electrons. The van der Waals surface area contributed by atoms with E-state index in [4.69, 9.17) is 21.1 Å². The number of rotatable bonds is 9. The number of methoxy groups -OCH3 is 2. The van der Waals surface area contributed by atoms with Crippen LogP contribution in [0.1, 0.15) is 6.42 Å². The van der Waals surface area contributed by atoms with Crippen LogP contribution in [0.25, 0.3) is 11.3 Å². The number of carbonyl (C=O) groups excluding carboxylic acids is 1. The van der Waals surface area contributed by atoms with Gasteiger partial charge in [-0.15, -0.1) is 22.9 Å². The Labute approximate surface area is 163 Å². The Morgan fingerprint density at radius 2 is 2.00 bits per heavy atom. The summed E-state index contributed by atoms with van der Waals surface area (Å²) in [6, 6.07) is 5.55. The van der Waals surface area contributed by atoms with Crippen LogP contribution in [0.3, 0.4) is 0 Å². The molecule has 2 rings (SSSR count). The minimum Gasteiger partial charge on any atom is -0.497 e. The molecule has 1 aromatic heterocycles. The van der Waals surface area contributed by atoms with Gasteiger partial charge in [0.2, 0.25) is 5.91 Å². The fourth-order valence-electron chi connectivity index (χ4n) is 2.47. The van der Waals surface area contributed by atoms with Gasteiger partial charge in [-0.3, -0.25) is 9.69 Å². The predicted octanol–water partition coefficient (Wildman–Crippen LogP) is 3.35. The molecule has 2 aromatic rings. The minimum absolute atomic E-state index is 0.0701. The summed E-state index contributed by atoms with van der Waals surface area (Å²) in [5.41, 5.74) is 1.56. The first-order chi connectivity index (χ1) is 12.5. The molecule has 8 heteroatoms. The SMILES string of the molecule is COc1ccc(OC)c(-c2csc(N(CCCN(C)C)C(=O)CCl)n2)c1. The Balaban J connectivity index is 2.29. The van der Waals surface area contributed by atoms with Crippen LogP contribution in [0.15, 0.2) is 23.6 Å². The Morgan fingerprint density at radius 3 is 2.62 bits per heavy atom. The van der Waals surface area contributed by atoms with Gasteiger partial charge in [0.25, 0.3) is 0 Å². The van der Waals surface area contributed by atoms with Crippen molar-refractivity contribution in [2.75, 3.05) is 52.2 Å². The van der Waals surface area contributed by atoms with Crippen molar-refractivity contribution in [1.29, 1.82) is 0 Å². The van der Waals surface area contributed by atoms with Crippen molar-refractivity contribution in [3.63, 3.8) is 0 Å². The van der Waals surface area contributed by atoms with Crippen molar-refractivity contribution in [2.45, 2.75) is 6.42 Å². The lowest BCUT2D eigenvalue weighted by Gasteiger charge is -2.20. The van der Waals surface area contributed by atoms with Gasteiger partial charge in [0.05, 0.1) is 19.9 Å². The molecule has 0 N–H and O–H groups in total. The summed E-state index contributed by atoms with van der Waals surface area (Å²) < 4.78 is 10.7. The second-order valence-electron chi connectivity index (χ2n) is 5.92. The molecule has 0 bridgehead atoms. The molecule has 142 valence electrons. The number of halogens is 1. The smallest absolute Gasteiger partial charge is 0.243 e. The maximum atomic E-state index is 12.3. The number of alkyl halides is 1. The van der Waals surface area contributed by atoms with E-state index in [1.54, 1.807) is 19.1 Å². The van der Waals surface area contributed by atoms with Crippen LogP contribution < -0.4 is 14.4 Å². The van der Waals surface area contributed by atoms with E-state index in [1.807, 2.05) is 37.7 Å². The van der Waals surface area contributed by atoms with Crippen LogP contribution in [0.2, 0.25) is 0 Å². The molecule has 0 spiro atoms. The molecule has 0 aliphatic heterocycles. The average molecular weight is 398 g/mol. The van der Waals surface area contributed by atoms with Crippen LogP contribution in [-0.4, -0.2) is 63.1 Å². The van der Waals surface area contributed by atoms with Crippen molar-refractivity contribution >= 4 is 34.0 Å². The van der Waals surface area contributed by atoms with Crippen molar-refractivity contribution in [3.05, 3.63) is 23.6 Å². The van der Waals surface area contributed by atoms with Gasteiger partial charge in [-0.25, -0.2) is 4.98 Å². The number of thiazole rings is 1. The molecule has 0 fully saturated rings. The van der Waals surface area contributed by atoms with E-state index in [-0.39, 0.29) is 11.8 Å². The van der Waals surface area contributed by atoms with E-state index in [9.17, 15) is 4.79 Å². The molecule has 1 amide bonds. The van der Waals surface area contributed by atoms with Gasteiger partial charge < -0.3 is 14.4 Å². The van der Waals surface area contributed by atoms with Crippen LogP contribution >= 0.6 is 22.9 Å². The van der Waals surface area contributed by atoms with Crippen molar-refractivity contribution in [2.24, 2.45) is 0 Å². The number of ether oxygens (including phenoxy) is 2. The van der Waals surface area contributed by atoms with E-state index >= 15 is 0 Å². The molecular formula is C18H24ClN3O3S. The zero-order valence-electron chi connectivity index (χ0n) is 15.5. The standard InChI is InChI=1S/C18H24ClN3O3S/c1-21(2)8-5-9-22(17(23)11-19)18-20-15(12-26-18)14-10-13(24-3)6-7-16(14)25-4/h6-7,10,12H,5,8-9,11H2,1-4H3. The summed E-state index contributed by atoms with van der Waals surface area (Å²) in [7, 11) is 7.24. The average Bonchev–Trinajstić information content (AvgIpc) is 3.13. The predicted molar refractivity (Wildman–Crippen MR) is 107 cm³/mol. The molecule has 6 nitrogen and oxygen atoms in total. The van der Waals surface area contributed by atoms with Gasteiger partial charge in [-0.2, -0.15) is 0 Å². The molecule has 0 aliphatic carbocycles. The second kappa shape index (κ2) is 9.75. The lowest BCUT2D eigenvalue weighted by molar-refractivity contribution is -0.116. The summed E-state index contributed by atoms with van der Waals surface area (Å²) in [5.74, 6) is 1.20. The van der Waals surface area contributed by atoms with Crippen LogP contribution in [0.5, 0.6) is 11.5 Å². The zero-order valence-corrected chi connectivity index (χ0v) is 17.1. The van der Waals surface area contributed by atoms with Gasteiger partial charge in [-0.05, 0) is 45.3 Å². The summed E-state index contributed by atoms with van der Waals surface area (Å²) in [4.78, 5) is 20.6. The van der Waals surface area contributed by atoms with E-state index in [0.717, 1.165) is 30.0 Å². The number of nitrogens with zero attached hydrogens (tertiary/aromatic N) is 3. The van der Waals surface area contributed by atoms with Gasteiger partial charge in [0.1, 0.15) is 17.4 Å². The van der Waals surface area contributed by atoms with Crippen LogP contribution in [0.4, 0.5) is 5.13 Å². The molecule has 1 aromatic carbocycles. The number of hydrogen-bond acceptors (Lipinski definition) is 6. The van der Waals surface area contributed by atoms with E-state index in [2.05, 4.69) is 9.88 Å². The number of carbonyl (C=O) groups is 1. The van der Waals surface area contributed by atoms with Crippen molar-refractivity contribution in [1.82, 2.24) is 9.88 Å². The minimum atomic E-state index is -0.149. The first-order valence-corrected chi connectivity index (χ1v) is 9.60. The highest BCUT2D eigenvalue weighted by Gasteiger charge is 2.20. The summed E-state index contributed by atoms with van der Waals surface area (Å²) in [6.07, 6.45) is 0.840. The highest BCUT2D eigenvalue weighted by atomic mass is 35.5. The third-order valence-corrected chi connectivity index (χ3v) is 4.90. The Hall–Kier alpha value is -1.83. The summed E-state index contributed by atoms with van der Waals surface area (Å²) in [6.45, 7) is 1.46. The lowest BCUT2D eigenvalue weighted by Crippen LogP contribution is -2.34. The van der Waals surface area contributed by atoms with Crippen LogP contribution in [-0.2, 0) is 4.79 Å². The molecule has 0 aliphatic rings. The van der Waals surface area contributed by atoms with E-state index < -0.39 is 0 Å². The molecule has 1 heterocycles. The highest BCUT2D eigenvalue weighted by molar-refractivity contribution is 7.14. The Bertz CT molecular complexity index is 736. The van der Waals surface area contributed by atoms with E-state index in [0.29, 0.717) is 17.4 Å². The normalized spacial score (nSPS) is 10.8. The molecule has 0 saturated carbocycles. The zero-order chi connectivity index (χ0) is 19.1. The summed E-state index contributed by atoms with van der Waals surface area (Å²) >= 11 is 7.20. The Kier molecular flexibility index (Phi) is 7.68. The van der Waals surface area contributed by atoms with Gasteiger partial charge in [-0.1, -0.05) is 0 Å². The maximum Gasteiger partial charge on any atom is 0.243 e. The van der Waals surface area contributed by atoms with Gasteiger partial charge in [0, 0.05) is 17.5 Å². The van der Waals surface area contributed by atoms with Gasteiger partial charge in [0.15, 0.2) is 5.13 Å². The highest BCUT2D eigenvalue weighted by Crippen LogP contribution is 2.36. The van der Waals surface area contributed by atoms with Crippen LogP contribution in [0, 0.1) is 0 Å². The lowest BCUT2D eigenvalue weighted by atomic mass is 10.1. The molecule has 26 heavy (non-hydrogen) atoms. The van der Waals surface area contributed by atoms with Gasteiger partial charge >= 0.3 is 0 Å². The fraction of sp³-hybridized carbons (Fsp3) is 0.444. The number of anilines is 1. The molecule has 0 unspecified atom stereocenters. The number of aromatic nitrogens is 1. The monoisotopic (exact) mass is 397 g/mol. The summed E-state index contributed by atoms with van der Waals surface area (Å²) in [5, 5.41) is 2.54. The first-order valence-electron chi connectivity index (χ1n) is 8.19. The maximum absolute atomic E-state index is 12.3. The topological polar surface area (TPSA) is 54.9 Å². The third kappa shape index (κ3) is 5.09. The largest absolute Gasteiger partial charge is 0.497 e. The quantitative estimate of drug-likeness (QED) is 0.607. The number of hydrogen-bond donors (Lipinski definition) is 0. The van der Waals surface area contributed by atoms with Crippen molar-refractivity contribution < 1.29 is 14.3 Å². The fourth-order valence-corrected chi connectivity index (χ4v) is 3.48. The Morgan fingerprint density at radius 1 is 1.23 bits per heavy atom. The first kappa shape index (κ1) is 20.5. The molecule has 0 saturated heterocycles. The third-order valence-electron chi connectivity index (χ3n) is 3.81.